The van der Waals surface area contributed by atoms with Crippen molar-refractivity contribution >= 4 is 49.5 Å². The van der Waals surface area contributed by atoms with E-state index in [1.54, 1.807) is 18.2 Å². The normalized spacial score (nSPS) is 12.0. The van der Waals surface area contributed by atoms with E-state index in [9.17, 15) is 16.8 Å². The lowest BCUT2D eigenvalue weighted by Crippen LogP contribution is -2.09. The Morgan fingerprint density at radius 2 is 1.95 bits per heavy atom. The highest BCUT2D eigenvalue weighted by molar-refractivity contribution is 7.85. The molecule has 1 unspecified atom stereocenters. The number of hydrogen-bond donors (Lipinski definition) is 2. The molecule has 1 rings (SSSR count). The number of halogens is 2. The van der Waals surface area contributed by atoms with Crippen LogP contribution in [0.4, 0.5) is 5.69 Å². The van der Waals surface area contributed by atoms with Crippen molar-refractivity contribution in [3.05, 3.63) is 28.2 Å². The molecular formula is C10H14Cl2N2O5S2. The summed E-state index contributed by atoms with van der Waals surface area (Å²) in [5, 5.41) is 1.15. The summed E-state index contributed by atoms with van der Waals surface area (Å²) < 4.78 is 51.7. The van der Waals surface area contributed by atoms with Crippen LogP contribution in [0.25, 0.3) is 0 Å². The molecule has 21 heavy (non-hydrogen) atoms. The summed E-state index contributed by atoms with van der Waals surface area (Å²) in [5.41, 5.74) is 5.92. The van der Waals surface area contributed by atoms with Crippen molar-refractivity contribution in [2.24, 2.45) is 4.36 Å². The summed E-state index contributed by atoms with van der Waals surface area (Å²) in [4.78, 5) is 0. The van der Waals surface area contributed by atoms with Crippen LogP contribution in [0.1, 0.15) is 13.3 Å². The Labute approximate surface area is 134 Å². The van der Waals surface area contributed by atoms with Crippen LogP contribution in [0, 0.1) is 0 Å². The van der Waals surface area contributed by atoms with E-state index in [4.69, 9.17) is 33.5 Å². The highest BCUT2D eigenvalue weighted by atomic mass is 35.5. The van der Waals surface area contributed by atoms with Gasteiger partial charge in [-0.25, -0.2) is 0 Å². The molecule has 0 saturated carbocycles. The fraction of sp³-hybridized carbons (Fsp3) is 0.400. The molecule has 0 heterocycles. The average Bonchev–Trinajstić information content (AvgIpc) is 2.31. The topological polar surface area (TPSA) is 127 Å². The molecule has 0 spiro atoms. The highest BCUT2D eigenvalue weighted by Crippen LogP contribution is 2.21. The van der Waals surface area contributed by atoms with E-state index in [-0.39, 0.29) is 6.42 Å². The van der Waals surface area contributed by atoms with Gasteiger partial charge in [-0.3, -0.25) is 4.55 Å². The summed E-state index contributed by atoms with van der Waals surface area (Å²) in [6.07, 6.45) is -0.00713. The van der Waals surface area contributed by atoms with Gasteiger partial charge in [0, 0.05) is 5.02 Å². The molecule has 0 bridgehead atoms. The fourth-order valence-corrected chi connectivity index (χ4v) is 2.37. The second-order valence-electron chi connectivity index (χ2n) is 3.91. The van der Waals surface area contributed by atoms with E-state index in [0.29, 0.717) is 15.7 Å². The molecule has 0 aliphatic carbocycles. The molecule has 1 aromatic carbocycles. The van der Waals surface area contributed by atoms with Crippen molar-refractivity contribution in [2.45, 2.75) is 19.4 Å². The van der Waals surface area contributed by atoms with Crippen LogP contribution < -0.4 is 5.73 Å². The first-order chi connectivity index (χ1) is 9.51. The molecule has 11 heteroatoms. The molecule has 3 N–H and O–H groups in total. The van der Waals surface area contributed by atoms with Gasteiger partial charge in [0.1, 0.15) is 0 Å². The van der Waals surface area contributed by atoms with Crippen LogP contribution >= 0.6 is 23.2 Å². The number of nitrogens with zero attached hydrogens (tertiary/aromatic N) is 1. The second-order valence-corrected chi connectivity index (χ2v) is 6.97. The van der Waals surface area contributed by atoms with E-state index in [0.717, 1.165) is 0 Å². The predicted molar refractivity (Wildman–Crippen MR) is 82.7 cm³/mol. The maximum absolute atomic E-state index is 10.2. The number of nitrogen functional groups attached to an aromatic ring is 1. The highest BCUT2D eigenvalue weighted by Gasteiger charge is 2.08. The van der Waals surface area contributed by atoms with E-state index in [1.165, 1.54) is 6.92 Å². The first-order valence-electron chi connectivity index (χ1n) is 5.47. The number of anilines is 1. The van der Waals surface area contributed by atoms with Gasteiger partial charge in [-0.05, 0) is 31.5 Å². The smallest absolute Gasteiger partial charge is 0.311 e. The Balaban J connectivity index is 0.000000394. The molecule has 0 saturated heterocycles. The first kappa shape index (κ1) is 20.1. The third-order valence-electron chi connectivity index (χ3n) is 2.02. The first-order valence-corrected chi connectivity index (χ1v) is 8.87. The van der Waals surface area contributed by atoms with Crippen molar-refractivity contribution < 1.29 is 21.4 Å². The Bertz CT molecular complexity index is 696. The van der Waals surface area contributed by atoms with Gasteiger partial charge in [-0.1, -0.05) is 23.2 Å². The lowest BCUT2D eigenvalue weighted by atomic mass is 10.3. The summed E-state index contributed by atoms with van der Waals surface area (Å²) in [5.74, 6) is -0.477. The maximum atomic E-state index is 10.2. The third kappa shape index (κ3) is 11.5. The van der Waals surface area contributed by atoms with Crippen LogP contribution in [0.15, 0.2) is 22.6 Å². The fourth-order valence-electron chi connectivity index (χ4n) is 1.03. The molecule has 1 atom stereocenters. The predicted octanol–water partition coefficient (Wildman–Crippen LogP) is 2.29. The molecule has 0 aliphatic rings. The zero-order valence-electron chi connectivity index (χ0n) is 10.9. The zero-order chi connectivity index (χ0) is 16.6. The molecule has 0 amide bonds. The van der Waals surface area contributed by atoms with Gasteiger partial charge in [0.2, 0.25) is 0 Å². The summed E-state index contributed by atoms with van der Waals surface area (Å²) >= 11 is 11.2. The van der Waals surface area contributed by atoms with Crippen molar-refractivity contribution in [3.63, 3.8) is 0 Å². The number of benzene rings is 1. The Kier molecular flexibility index (Phi) is 8.83. The van der Waals surface area contributed by atoms with Crippen molar-refractivity contribution in [1.82, 2.24) is 0 Å². The summed E-state index contributed by atoms with van der Waals surface area (Å²) in [7, 11) is -6.54. The standard InChI is InChI=1S/C6H5Cl2N.C4H9NO5S2/c7-4-1-2-5(8)6(9)3-4;1-4(5-11(6)7)2-3-12(8,9)10/h1-3H,9H2;4H,2-3H2,1H3,(H,8,9,10). The molecule has 0 aliphatic heterocycles. The van der Waals surface area contributed by atoms with Gasteiger partial charge in [-0.2, -0.15) is 21.2 Å². The average molecular weight is 377 g/mol. The lowest BCUT2D eigenvalue weighted by Gasteiger charge is -1.99. The van der Waals surface area contributed by atoms with Crippen molar-refractivity contribution in [3.8, 4) is 0 Å². The molecule has 120 valence electrons. The van der Waals surface area contributed by atoms with Gasteiger partial charge in [0.15, 0.2) is 0 Å². The summed E-state index contributed by atoms with van der Waals surface area (Å²) in [6.45, 7) is 1.45. The van der Waals surface area contributed by atoms with Gasteiger partial charge in [-0.15, -0.1) is 0 Å². The summed E-state index contributed by atoms with van der Waals surface area (Å²) in [6, 6.07) is 4.36. The molecule has 0 radical (unpaired) electrons. The minimum Gasteiger partial charge on any atom is -0.397 e. The number of nitrogens with two attached hydrogens (primary N) is 1. The van der Waals surface area contributed by atoms with Gasteiger partial charge >= 0.3 is 10.5 Å². The van der Waals surface area contributed by atoms with Crippen LogP contribution in [-0.2, 0) is 20.6 Å². The van der Waals surface area contributed by atoms with E-state index >= 15 is 0 Å². The molecular weight excluding hydrogens is 363 g/mol. The van der Waals surface area contributed by atoms with E-state index in [1.807, 2.05) is 0 Å². The molecule has 7 nitrogen and oxygen atoms in total. The molecule has 0 aromatic heterocycles. The lowest BCUT2D eigenvalue weighted by molar-refractivity contribution is 0.478. The number of hydrogen-bond acceptors (Lipinski definition) is 6. The molecule has 1 aromatic rings. The van der Waals surface area contributed by atoms with Gasteiger partial charge in [0.05, 0.1) is 22.5 Å². The molecule has 0 fully saturated rings. The number of rotatable bonds is 4. The SMILES string of the molecule is CC(CCS(=O)(=O)O)N=S(=O)=O.Nc1cc(Cl)ccc1Cl. The largest absolute Gasteiger partial charge is 0.397 e. The third-order valence-corrected chi connectivity index (χ3v) is 3.88. The zero-order valence-corrected chi connectivity index (χ0v) is 14.0. The van der Waals surface area contributed by atoms with Crippen LogP contribution in [0.5, 0.6) is 0 Å². The van der Waals surface area contributed by atoms with Crippen molar-refractivity contribution in [1.29, 1.82) is 0 Å². The van der Waals surface area contributed by atoms with Crippen molar-refractivity contribution in [2.75, 3.05) is 11.5 Å². The quantitative estimate of drug-likeness (QED) is 0.612. The van der Waals surface area contributed by atoms with Crippen LogP contribution in [0.2, 0.25) is 10.0 Å². The van der Waals surface area contributed by atoms with E-state index in [2.05, 4.69) is 4.36 Å². The minimum absolute atomic E-state index is 0.00713. The van der Waals surface area contributed by atoms with Crippen LogP contribution in [-0.4, -0.2) is 33.2 Å². The van der Waals surface area contributed by atoms with Gasteiger partial charge in [0.25, 0.3) is 10.1 Å². The minimum atomic E-state index is -4.02. The maximum Gasteiger partial charge on any atom is 0.311 e. The Morgan fingerprint density at radius 1 is 1.38 bits per heavy atom. The second kappa shape index (κ2) is 9.21. The monoisotopic (exact) mass is 376 g/mol. The Morgan fingerprint density at radius 3 is 2.33 bits per heavy atom. The van der Waals surface area contributed by atoms with Crippen LogP contribution in [0.3, 0.4) is 0 Å². The Hall–Kier alpha value is -0.870. The van der Waals surface area contributed by atoms with Gasteiger partial charge < -0.3 is 5.73 Å². The van der Waals surface area contributed by atoms with E-state index < -0.39 is 32.4 Å².